The van der Waals surface area contributed by atoms with Crippen LogP contribution in [0.4, 0.5) is 4.79 Å². The third kappa shape index (κ3) is 21.7. The van der Waals surface area contributed by atoms with Gasteiger partial charge in [-0.25, -0.2) is 4.79 Å². The predicted octanol–water partition coefficient (Wildman–Crippen LogP) is 11.5. The molecule has 4 saturated heterocycles. The van der Waals surface area contributed by atoms with Gasteiger partial charge in [0.25, 0.3) is 0 Å². The van der Waals surface area contributed by atoms with Gasteiger partial charge in [0.05, 0.1) is 64.3 Å². The first-order valence-corrected chi connectivity index (χ1v) is 33.5. The van der Waals surface area contributed by atoms with Crippen molar-refractivity contribution in [1.29, 1.82) is 0 Å². The number of esters is 1. The minimum absolute atomic E-state index is 0.0342. The topological polar surface area (TPSA) is 329 Å². The summed E-state index contributed by atoms with van der Waals surface area (Å²) in [7, 11) is 6.20. The highest BCUT2D eigenvalue weighted by Crippen LogP contribution is 2.40. The van der Waals surface area contributed by atoms with E-state index in [1.165, 1.54) is 12.7 Å². The Hall–Kier alpha value is -11.0. The minimum Gasteiger partial charge on any atom is -0.497 e. The molecular formula is C78H94N8O16. The second-order valence-electron chi connectivity index (χ2n) is 25.5. The number of aldehydes is 1. The highest BCUT2D eigenvalue weighted by Gasteiger charge is 2.54. The molecule has 11 rings (SSSR count). The van der Waals surface area contributed by atoms with Crippen molar-refractivity contribution in [3.63, 3.8) is 0 Å². The molecule has 542 valence electrons. The van der Waals surface area contributed by atoms with Crippen LogP contribution in [0, 0.1) is 70.6 Å². The second kappa shape index (κ2) is 38.5. The number of likely N-dealkylation sites (tertiary alicyclic amines) is 1. The average Bonchev–Trinajstić information content (AvgIpc) is 1.62. The largest absolute Gasteiger partial charge is 0.497 e. The number of benzene rings is 7. The first-order chi connectivity index (χ1) is 48.7. The van der Waals surface area contributed by atoms with Crippen molar-refractivity contribution in [3.05, 3.63) is 252 Å². The van der Waals surface area contributed by atoms with Gasteiger partial charge < -0.3 is 55.6 Å². The van der Waals surface area contributed by atoms with E-state index in [4.69, 9.17) is 24.7 Å². The van der Waals surface area contributed by atoms with Gasteiger partial charge in [-0.05, 0) is 123 Å². The molecule has 24 nitrogen and oxygen atoms in total. The standard InChI is InChI=1S/2C20H22N2O4.C12H14N2O3.C12H16N2O.C8H8O2.C6H12O2/c1-13-4-8-16(9-5-13)19-18(22(24)25)14(2)20(23)21(19)12-15-6-10-17(26-3)11-7-15;1-13-17(22-20(24)26-12-14-6-4-3-5-7-14)18(21-19(13)23)15-8-10-16(25-2)11-9-15;1-7-3-5-9(6-4-7)10-11(14(16)17)8(2)12(15)13-10;1-7-3-5-9(6-4-7)11-10(13)8(2)12(15)14-11;1-10-8-4-2-7(6-9)3-5-8;1-4-5(2)6(7)8-3/h4-11,14,18-19H,12H2,1-3H3;3-11,13,17-18H,12H2,1-2H3,(H,21,23)(H,22,24);3-6,8,10-11H,1-2H3,(H,13,15);3-6,8,10-11H,13H2,1-2H3,(H,14,15);2-6H,1H3;5H,4H2,1-3H3/t14-,18-,19+;13-,17-,18+;8-,10+,11-;8-,10-,11+;;/m0000../s1. The summed E-state index contributed by atoms with van der Waals surface area (Å²) >= 11 is 0. The summed E-state index contributed by atoms with van der Waals surface area (Å²) in [6.45, 7) is 17.2. The lowest BCUT2D eigenvalue weighted by atomic mass is 9.94. The smallest absolute Gasteiger partial charge is 0.407 e. The quantitative estimate of drug-likeness (QED) is 0.0245. The van der Waals surface area contributed by atoms with Gasteiger partial charge >= 0.3 is 12.1 Å². The maximum Gasteiger partial charge on any atom is 0.407 e. The van der Waals surface area contributed by atoms with Crippen LogP contribution >= 0.6 is 0 Å². The summed E-state index contributed by atoms with van der Waals surface area (Å²) in [5.41, 5.74) is 15.4. The van der Waals surface area contributed by atoms with Crippen LogP contribution in [-0.2, 0) is 46.6 Å². The summed E-state index contributed by atoms with van der Waals surface area (Å²) in [6, 6.07) is 50.6. The number of nitrogens with zero attached hydrogens (tertiary/aromatic N) is 3. The van der Waals surface area contributed by atoms with Gasteiger partial charge in [0, 0.05) is 28.0 Å². The van der Waals surface area contributed by atoms with E-state index in [-0.39, 0.29) is 88.0 Å². The number of aryl methyl sites for hydroxylation is 3. The lowest BCUT2D eigenvalue weighted by molar-refractivity contribution is -0.532. The lowest BCUT2D eigenvalue weighted by Gasteiger charge is -2.25. The Labute approximate surface area is 595 Å². The van der Waals surface area contributed by atoms with Crippen LogP contribution in [0.2, 0.25) is 0 Å². The summed E-state index contributed by atoms with van der Waals surface area (Å²) < 4.78 is 25.0. The molecule has 102 heavy (non-hydrogen) atoms. The molecule has 1 unspecified atom stereocenters. The molecule has 13 atom stereocenters. The Morgan fingerprint density at radius 3 is 1.41 bits per heavy atom. The SMILES string of the molecule is CCC(C)C(=O)OC.COc1ccc(C=O)cc1.COc1ccc(CN2C(=O)[C@@H](C)[C@H]([N+](=O)[O-])[C@H]2c2ccc(C)cc2)cc1.COc1ccc([C@H]2NC(=O)[C@@H](C)[C@@H]2NC(=O)OCc2ccccc2)cc1.Cc1ccc([C@H]2NC(=O)[C@@H](C)[C@@H]2N)cc1.Cc1ccc([C@H]2NC(=O)[C@@H](C)[C@@H]2[N+](=O)[O-])cc1. The summed E-state index contributed by atoms with van der Waals surface area (Å²) in [4.78, 5) is 104. The molecule has 4 heterocycles. The molecule has 0 radical (unpaired) electrons. The minimum atomic E-state index is -0.955. The van der Waals surface area contributed by atoms with Crippen LogP contribution in [0.25, 0.3) is 0 Å². The summed E-state index contributed by atoms with van der Waals surface area (Å²) in [5, 5.41) is 34.1. The lowest BCUT2D eigenvalue weighted by Crippen LogP contribution is -2.41. The number of amides is 5. The van der Waals surface area contributed by atoms with Crippen LogP contribution in [0.5, 0.6) is 17.2 Å². The highest BCUT2D eigenvalue weighted by molar-refractivity contribution is 5.85. The van der Waals surface area contributed by atoms with Crippen LogP contribution in [0.3, 0.4) is 0 Å². The Morgan fingerprint density at radius 2 is 0.971 bits per heavy atom. The number of methoxy groups -OCH3 is 4. The molecule has 24 heteroatoms. The zero-order valence-corrected chi connectivity index (χ0v) is 59.9. The molecule has 7 aromatic rings. The Kier molecular flexibility index (Phi) is 30.2. The van der Waals surface area contributed by atoms with E-state index in [0.29, 0.717) is 12.1 Å². The molecule has 0 spiro atoms. The summed E-state index contributed by atoms with van der Waals surface area (Å²) in [6.07, 6.45) is 1.12. The van der Waals surface area contributed by atoms with Crippen LogP contribution in [-0.4, -0.2) is 109 Å². The monoisotopic (exact) mass is 1400 g/mol. The molecule has 0 aromatic heterocycles. The number of ether oxygens (including phenoxy) is 5. The highest BCUT2D eigenvalue weighted by atomic mass is 16.6. The van der Waals surface area contributed by atoms with Crippen molar-refractivity contribution in [2.24, 2.45) is 35.3 Å². The third-order valence-corrected chi connectivity index (χ3v) is 18.4. The van der Waals surface area contributed by atoms with E-state index in [0.717, 1.165) is 74.5 Å². The van der Waals surface area contributed by atoms with Gasteiger partial charge in [-0.1, -0.05) is 172 Å². The Balaban J connectivity index is 0.000000201. The molecule has 7 aromatic carbocycles. The number of nitrogens with one attached hydrogen (secondary N) is 4. The first-order valence-electron chi connectivity index (χ1n) is 33.5. The van der Waals surface area contributed by atoms with Crippen molar-refractivity contribution in [1.82, 2.24) is 26.2 Å². The van der Waals surface area contributed by atoms with Crippen LogP contribution in [0.15, 0.2) is 176 Å². The van der Waals surface area contributed by atoms with Gasteiger partial charge in [-0.2, -0.15) is 0 Å². The first kappa shape index (κ1) is 80.0. The molecular weight excluding hydrogens is 1300 g/mol. The molecule has 6 N–H and O–H groups in total. The fraction of sp³-hybridized carbons (Fsp3) is 0.372. The number of hydrogen-bond donors (Lipinski definition) is 5. The normalized spacial score (nSPS) is 22.3. The average molecular weight is 1400 g/mol. The zero-order chi connectivity index (χ0) is 74.9. The Bertz CT molecular complexity index is 3900. The molecule has 4 aliphatic heterocycles. The number of hydrogen-bond acceptors (Lipinski definition) is 17. The molecule has 4 aliphatic rings. The molecule has 0 bridgehead atoms. The van der Waals surface area contributed by atoms with E-state index in [2.05, 4.69) is 26.0 Å². The number of nitro groups is 2. The van der Waals surface area contributed by atoms with E-state index >= 15 is 0 Å². The van der Waals surface area contributed by atoms with Gasteiger partial charge in [-0.3, -0.25) is 49.0 Å². The number of nitrogens with two attached hydrogens (primary N) is 1. The fourth-order valence-corrected chi connectivity index (χ4v) is 11.7. The van der Waals surface area contributed by atoms with Crippen molar-refractivity contribution in [2.45, 2.75) is 130 Å². The maximum absolute atomic E-state index is 12.8. The van der Waals surface area contributed by atoms with Gasteiger partial charge in [0.1, 0.15) is 54.1 Å². The number of carbonyl (C=O) groups is 7. The molecule has 5 amide bonds. The van der Waals surface area contributed by atoms with Gasteiger partial charge in [0.2, 0.25) is 35.7 Å². The Morgan fingerprint density at radius 1 is 0.549 bits per heavy atom. The second-order valence-corrected chi connectivity index (χ2v) is 25.5. The van der Waals surface area contributed by atoms with Gasteiger partial charge in [0.15, 0.2) is 0 Å². The predicted molar refractivity (Wildman–Crippen MR) is 385 cm³/mol. The third-order valence-electron chi connectivity index (χ3n) is 18.4. The van der Waals surface area contributed by atoms with Gasteiger partial charge in [-0.15, -0.1) is 0 Å². The van der Waals surface area contributed by atoms with E-state index in [1.807, 2.05) is 193 Å². The number of carbonyl (C=O) groups excluding carboxylic acids is 7. The number of rotatable bonds is 17. The van der Waals surface area contributed by atoms with Crippen molar-refractivity contribution < 1.29 is 67.1 Å². The maximum atomic E-state index is 12.8. The molecule has 0 aliphatic carbocycles. The molecule has 0 saturated carbocycles. The van der Waals surface area contributed by atoms with Crippen molar-refractivity contribution in [3.8, 4) is 17.2 Å². The van der Waals surface area contributed by atoms with E-state index in [9.17, 15) is 53.8 Å². The van der Waals surface area contributed by atoms with Crippen molar-refractivity contribution >= 4 is 42.0 Å². The summed E-state index contributed by atoms with van der Waals surface area (Å²) in [5.74, 6) is -0.0183. The molecule has 4 fully saturated rings. The van der Waals surface area contributed by atoms with E-state index in [1.54, 1.807) is 71.3 Å². The van der Waals surface area contributed by atoms with Crippen LogP contribution < -0.4 is 41.2 Å². The van der Waals surface area contributed by atoms with Crippen molar-refractivity contribution in [2.75, 3.05) is 28.4 Å². The fourth-order valence-electron chi connectivity index (χ4n) is 11.7. The number of alkyl carbamates (subject to hydrolysis) is 1. The van der Waals surface area contributed by atoms with Crippen LogP contribution in [0.1, 0.15) is 133 Å². The van der Waals surface area contributed by atoms with E-state index < -0.39 is 42.1 Å². The zero-order valence-electron chi connectivity index (χ0n) is 59.9.